The maximum atomic E-state index is 12.6. The number of imide groups is 1. The second kappa shape index (κ2) is 7.72. The number of ether oxygens (including phenoxy) is 1. The van der Waals surface area contributed by atoms with Gasteiger partial charge in [-0.2, -0.15) is 0 Å². The number of rotatable bonds is 4. The van der Waals surface area contributed by atoms with Crippen molar-refractivity contribution in [2.24, 2.45) is 10.2 Å². The number of fused-ring (bicyclic) bond motifs is 2. The van der Waals surface area contributed by atoms with Gasteiger partial charge in [-0.15, -0.1) is 10.2 Å². The van der Waals surface area contributed by atoms with E-state index in [1.165, 1.54) is 31.4 Å². The molecule has 9 nitrogen and oxygen atoms in total. The van der Waals surface area contributed by atoms with Gasteiger partial charge in [0.1, 0.15) is 5.75 Å². The Labute approximate surface area is 186 Å². The minimum absolute atomic E-state index is 0.111. The molecule has 162 valence electrons. The Morgan fingerprint density at radius 3 is 2.27 bits per heavy atom. The van der Waals surface area contributed by atoms with Crippen LogP contribution in [0.25, 0.3) is 10.9 Å². The van der Waals surface area contributed by atoms with Crippen molar-refractivity contribution in [3.63, 3.8) is 0 Å². The molecule has 3 amide bonds. The fourth-order valence-electron chi connectivity index (χ4n) is 3.70. The first-order valence-electron chi connectivity index (χ1n) is 9.90. The summed E-state index contributed by atoms with van der Waals surface area (Å²) < 4.78 is 5.18. The number of anilines is 1. The van der Waals surface area contributed by atoms with Crippen molar-refractivity contribution in [2.75, 3.05) is 12.0 Å². The van der Waals surface area contributed by atoms with Crippen molar-refractivity contribution in [1.82, 2.24) is 4.98 Å². The first-order chi connectivity index (χ1) is 16.0. The third-order valence-electron chi connectivity index (χ3n) is 5.37. The minimum Gasteiger partial charge on any atom is -0.497 e. The normalized spacial score (nSPS) is 13.2. The van der Waals surface area contributed by atoms with Crippen molar-refractivity contribution in [3.05, 3.63) is 83.4 Å². The number of carbonyl (C=O) groups is 3. The summed E-state index contributed by atoms with van der Waals surface area (Å²) in [5.74, 6) is -1.15. The van der Waals surface area contributed by atoms with E-state index in [1.807, 2.05) is 0 Å². The summed E-state index contributed by atoms with van der Waals surface area (Å²) in [5.41, 5.74) is 1.95. The lowest BCUT2D eigenvalue weighted by Gasteiger charge is -2.13. The van der Waals surface area contributed by atoms with Crippen LogP contribution in [0.2, 0.25) is 0 Å². The van der Waals surface area contributed by atoms with E-state index in [0.717, 1.165) is 4.90 Å². The molecule has 0 aliphatic carbocycles. The zero-order chi connectivity index (χ0) is 23.1. The topological polar surface area (TPSA) is 124 Å². The van der Waals surface area contributed by atoms with Gasteiger partial charge in [0.15, 0.2) is 5.69 Å². The van der Waals surface area contributed by atoms with Gasteiger partial charge < -0.3 is 14.8 Å². The highest BCUT2D eigenvalue weighted by Gasteiger charge is 2.36. The molecule has 0 spiro atoms. The van der Waals surface area contributed by atoms with E-state index in [2.05, 4.69) is 15.2 Å². The highest BCUT2D eigenvalue weighted by atomic mass is 16.5. The van der Waals surface area contributed by atoms with Crippen LogP contribution in [0.3, 0.4) is 0 Å². The molecule has 4 aromatic rings. The van der Waals surface area contributed by atoms with Crippen molar-refractivity contribution in [1.29, 1.82) is 0 Å². The van der Waals surface area contributed by atoms with Crippen molar-refractivity contribution < 1.29 is 24.2 Å². The van der Waals surface area contributed by atoms with Crippen LogP contribution in [0, 0.1) is 0 Å². The SMILES string of the molecule is COc1ccc2[nH]c(O)c(N=NC(=O)c3ccc(N4C(=O)c5ccccc5C4=O)cc3)c2c1. The summed E-state index contributed by atoms with van der Waals surface area (Å²) >= 11 is 0. The molecule has 3 aromatic carbocycles. The van der Waals surface area contributed by atoms with Gasteiger partial charge in [0.2, 0.25) is 5.88 Å². The minimum atomic E-state index is -0.652. The van der Waals surface area contributed by atoms with Crippen LogP contribution >= 0.6 is 0 Å². The fourth-order valence-corrected chi connectivity index (χ4v) is 3.70. The second-order valence-corrected chi connectivity index (χ2v) is 7.28. The third kappa shape index (κ3) is 3.32. The molecule has 0 bridgehead atoms. The molecule has 0 saturated carbocycles. The molecule has 2 heterocycles. The molecular weight excluding hydrogens is 424 g/mol. The second-order valence-electron chi connectivity index (χ2n) is 7.28. The first-order valence-corrected chi connectivity index (χ1v) is 9.90. The van der Waals surface area contributed by atoms with E-state index in [0.29, 0.717) is 33.5 Å². The monoisotopic (exact) mass is 440 g/mol. The average molecular weight is 440 g/mol. The predicted octanol–water partition coefficient (Wildman–Crippen LogP) is 4.61. The van der Waals surface area contributed by atoms with Gasteiger partial charge in [-0.25, -0.2) is 4.90 Å². The van der Waals surface area contributed by atoms with E-state index < -0.39 is 17.7 Å². The maximum absolute atomic E-state index is 12.6. The Bertz CT molecular complexity index is 1440. The van der Waals surface area contributed by atoms with Gasteiger partial charge in [0.25, 0.3) is 17.7 Å². The number of nitrogens with one attached hydrogen (secondary N) is 1. The van der Waals surface area contributed by atoms with E-state index in [-0.39, 0.29) is 17.1 Å². The van der Waals surface area contributed by atoms with Gasteiger partial charge in [-0.1, -0.05) is 12.1 Å². The summed E-state index contributed by atoms with van der Waals surface area (Å²) in [5, 5.41) is 18.3. The first kappa shape index (κ1) is 20.1. The molecular formula is C24H16N4O5. The maximum Gasteiger partial charge on any atom is 0.295 e. The molecule has 0 saturated heterocycles. The highest BCUT2D eigenvalue weighted by molar-refractivity contribution is 6.34. The smallest absolute Gasteiger partial charge is 0.295 e. The summed E-state index contributed by atoms with van der Waals surface area (Å²) in [6.07, 6.45) is 0. The lowest BCUT2D eigenvalue weighted by molar-refractivity contribution is 0.0925. The Morgan fingerprint density at radius 2 is 1.64 bits per heavy atom. The quantitative estimate of drug-likeness (QED) is 0.354. The predicted molar refractivity (Wildman–Crippen MR) is 119 cm³/mol. The number of amides is 3. The Balaban J connectivity index is 1.39. The molecule has 0 fully saturated rings. The van der Waals surface area contributed by atoms with Crippen molar-refractivity contribution in [3.8, 4) is 11.6 Å². The average Bonchev–Trinajstić information content (AvgIpc) is 3.29. The largest absolute Gasteiger partial charge is 0.497 e. The van der Waals surface area contributed by atoms with Crippen LogP contribution in [0.15, 0.2) is 77.0 Å². The van der Waals surface area contributed by atoms with E-state index in [4.69, 9.17) is 4.74 Å². The number of aromatic nitrogens is 1. The van der Waals surface area contributed by atoms with Gasteiger partial charge in [-0.3, -0.25) is 14.4 Å². The van der Waals surface area contributed by atoms with E-state index in [9.17, 15) is 19.5 Å². The number of carbonyl (C=O) groups excluding carboxylic acids is 3. The highest BCUT2D eigenvalue weighted by Crippen LogP contribution is 2.37. The Hall–Kier alpha value is -4.79. The van der Waals surface area contributed by atoms with Crippen LogP contribution < -0.4 is 9.64 Å². The lowest BCUT2D eigenvalue weighted by atomic mass is 10.1. The van der Waals surface area contributed by atoms with Crippen LogP contribution in [0.5, 0.6) is 11.6 Å². The van der Waals surface area contributed by atoms with Crippen molar-refractivity contribution >= 4 is 40.0 Å². The van der Waals surface area contributed by atoms with Gasteiger partial charge in [0.05, 0.1) is 29.4 Å². The summed E-state index contributed by atoms with van der Waals surface area (Å²) in [7, 11) is 1.52. The standard InChI is InChI=1S/C24H16N4O5/c1-33-15-10-11-19-18(12-15)20(22(30)25-19)26-27-21(29)13-6-8-14(9-7-13)28-23(31)16-4-2-3-5-17(16)24(28)32/h2-12,25,30H,1H3. The number of aromatic hydroxyl groups is 1. The fraction of sp³-hybridized carbons (Fsp3) is 0.0417. The Morgan fingerprint density at radius 1 is 0.970 bits per heavy atom. The summed E-state index contributed by atoms with van der Waals surface area (Å²) in [6, 6.07) is 17.6. The number of aromatic amines is 1. The van der Waals surface area contributed by atoms with Crippen LogP contribution in [-0.4, -0.2) is 34.9 Å². The number of H-pyrrole nitrogens is 1. The molecule has 0 unspecified atom stereocenters. The van der Waals surface area contributed by atoms with Gasteiger partial charge in [0, 0.05) is 10.9 Å². The third-order valence-corrected chi connectivity index (χ3v) is 5.37. The van der Waals surface area contributed by atoms with E-state index in [1.54, 1.807) is 42.5 Å². The molecule has 0 radical (unpaired) electrons. The number of azo groups is 1. The van der Waals surface area contributed by atoms with Gasteiger partial charge >= 0.3 is 0 Å². The van der Waals surface area contributed by atoms with Crippen LogP contribution in [-0.2, 0) is 0 Å². The molecule has 1 aromatic heterocycles. The molecule has 9 heteroatoms. The number of benzene rings is 3. The molecule has 33 heavy (non-hydrogen) atoms. The van der Waals surface area contributed by atoms with Crippen LogP contribution in [0.4, 0.5) is 11.4 Å². The van der Waals surface area contributed by atoms with E-state index >= 15 is 0 Å². The summed E-state index contributed by atoms with van der Waals surface area (Å²) in [4.78, 5) is 41.6. The zero-order valence-corrected chi connectivity index (χ0v) is 17.3. The zero-order valence-electron chi connectivity index (χ0n) is 17.3. The number of hydrogen-bond acceptors (Lipinski definition) is 6. The van der Waals surface area contributed by atoms with Crippen molar-refractivity contribution in [2.45, 2.75) is 0 Å². The number of nitrogens with zero attached hydrogens (tertiary/aromatic N) is 3. The van der Waals surface area contributed by atoms with Crippen LogP contribution in [0.1, 0.15) is 31.1 Å². The summed E-state index contributed by atoms with van der Waals surface area (Å²) in [6.45, 7) is 0. The molecule has 1 aliphatic rings. The number of hydrogen-bond donors (Lipinski definition) is 2. The lowest BCUT2D eigenvalue weighted by Crippen LogP contribution is -2.29. The molecule has 5 rings (SSSR count). The molecule has 0 atom stereocenters. The molecule has 2 N–H and O–H groups in total. The van der Waals surface area contributed by atoms with Gasteiger partial charge in [-0.05, 0) is 54.6 Å². The molecule has 1 aliphatic heterocycles. The Kier molecular flexibility index (Phi) is 4.71. The number of methoxy groups -OCH3 is 1.